The van der Waals surface area contributed by atoms with E-state index in [1.54, 1.807) is 0 Å². The van der Waals surface area contributed by atoms with Gasteiger partial charge in [0.15, 0.2) is 6.04 Å². The Morgan fingerprint density at radius 3 is 2.08 bits per heavy atom. The first-order valence-corrected chi connectivity index (χ1v) is 10.3. The molecule has 2 rings (SSSR count). The normalized spacial score (nSPS) is 18.2. The molecule has 0 saturated carbocycles. The molecular formula is C22H37N2OY+. The molecule has 1 aliphatic heterocycles. The number of benzene rings is 1. The SMILES string of the molecule is CCCC(C(=O)Nc1c(C)cccc1C)[N+]1(CC)CCCCCCC1.[Y]. The number of carbonyl (C=O) groups excluding carboxylic acids is 1. The van der Waals surface area contributed by atoms with E-state index < -0.39 is 0 Å². The summed E-state index contributed by atoms with van der Waals surface area (Å²) in [7, 11) is 0. The van der Waals surface area contributed by atoms with Gasteiger partial charge in [0.25, 0.3) is 5.91 Å². The van der Waals surface area contributed by atoms with Gasteiger partial charge in [0.1, 0.15) is 0 Å². The van der Waals surface area contributed by atoms with Gasteiger partial charge in [0.2, 0.25) is 0 Å². The number of hydrogen-bond donors (Lipinski definition) is 1. The molecule has 1 aromatic carbocycles. The van der Waals surface area contributed by atoms with Gasteiger partial charge in [0, 0.05) is 44.8 Å². The maximum absolute atomic E-state index is 13.3. The van der Waals surface area contributed by atoms with Crippen molar-refractivity contribution in [1.29, 1.82) is 0 Å². The first kappa shape index (κ1) is 23.8. The van der Waals surface area contributed by atoms with E-state index in [1.165, 1.54) is 32.1 Å². The van der Waals surface area contributed by atoms with Gasteiger partial charge in [-0.15, -0.1) is 0 Å². The van der Waals surface area contributed by atoms with Crippen molar-refractivity contribution >= 4 is 11.6 Å². The molecule has 143 valence electrons. The Balaban J connectivity index is 0.00000338. The van der Waals surface area contributed by atoms with Crippen LogP contribution >= 0.6 is 0 Å². The van der Waals surface area contributed by atoms with Gasteiger partial charge in [-0.2, -0.15) is 0 Å². The summed E-state index contributed by atoms with van der Waals surface area (Å²) in [5, 5.41) is 3.30. The second-order valence-electron chi connectivity index (χ2n) is 7.81. The predicted octanol–water partition coefficient (Wildman–Crippen LogP) is 5.21. The smallest absolute Gasteiger partial charge is 0.282 e. The third-order valence-corrected chi connectivity index (χ3v) is 6.09. The van der Waals surface area contributed by atoms with Gasteiger partial charge in [-0.05, 0) is 64.0 Å². The van der Waals surface area contributed by atoms with E-state index in [9.17, 15) is 4.79 Å². The van der Waals surface area contributed by atoms with E-state index in [0.717, 1.165) is 53.8 Å². The first-order valence-electron chi connectivity index (χ1n) is 10.3. The number of anilines is 1. The first-order chi connectivity index (χ1) is 12.0. The second-order valence-corrected chi connectivity index (χ2v) is 7.81. The van der Waals surface area contributed by atoms with Crippen molar-refractivity contribution in [1.82, 2.24) is 0 Å². The Kier molecular flexibility index (Phi) is 10.6. The number of nitrogens with one attached hydrogen (secondary N) is 1. The van der Waals surface area contributed by atoms with E-state index in [1.807, 2.05) is 0 Å². The average Bonchev–Trinajstić information content (AvgIpc) is 2.57. The maximum Gasteiger partial charge on any atom is 0.282 e. The molecule has 26 heavy (non-hydrogen) atoms. The second kappa shape index (κ2) is 11.6. The van der Waals surface area contributed by atoms with E-state index in [0.29, 0.717) is 0 Å². The Labute approximate surface area is 185 Å². The minimum Gasteiger partial charge on any atom is -0.320 e. The number of hydrogen-bond acceptors (Lipinski definition) is 1. The summed E-state index contributed by atoms with van der Waals surface area (Å²) in [6.45, 7) is 12.0. The summed E-state index contributed by atoms with van der Waals surface area (Å²) in [6, 6.07) is 6.30. The molecule has 1 unspecified atom stereocenters. The summed E-state index contributed by atoms with van der Waals surface area (Å²) in [5.41, 5.74) is 3.31. The number of quaternary nitrogens is 1. The van der Waals surface area contributed by atoms with Crippen LogP contribution in [-0.2, 0) is 37.5 Å². The number of likely N-dealkylation sites (tertiary alicyclic amines) is 1. The third kappa shape index (κ3) is 5.87. The molecule has 3 nitrogen and oxygen atoms in total. The van der Waals surface area contributed by atoms with Crippen LogP contribution in [0, 0.1) is 13.8 Å². The van der Waals surface area contributed by atoms with Crippen molar-refractivity contribution in [3.05, 3.63) is 29.3 Å². The van der Waals surface area contributed by atoms with Crippen LogP contribution in [0.4, 0.5) is 5.69 Å². The molecule has 0 spiro atoms. The molecule has 0 bridgehead atoms. The van der Waals surface area contributed by atoms with Crippen LogP contribution < -0.4 is 5.32 Å². The molecule has 1 heterocycles. The molecule has 0 aromatic heterocycles. The topological polar surface area (TPSA) is 29.1 Å². The number of nitrogens with zero attached hydrogens (tertiary/aromatic N) is 1. The van der Waals surface area contributed by atoms with Crippen LogP contribution in [0.15, 0.2) is 18.2 Å². The molecule has 1 atom stereocenters. The van der Waals surface area contributed by atoms with Crippen molar-refractivity contribution in [3.63, 3.8) is 0 Å². The number of amides is 1. The summed E-state index contributed by atoms with van der Waals surface area (Å²) in [4.78, 5) is 13.3. The quantitative estimate of drug-likeness (QED) is 0.612. The van der Waals surface area contributed by atoms with Crippen molar-refractivity contribution in [2.45, 2.75) is 78.7 Å². The third-order valence-electron chi connectivity index (χ3n) is 6.09. The molecule has 1 fully saturated rings. The van der Waals surface area contributed by atoms with Crippen molar-refractivity contribution in [3.8, 4) is 0 Å². The Hall–Kier alpha value is -0.246. The Morgan fingerprint density at radius 1 is 1.04 bits per heavy atom. The van der Waals surface area contributed by atoms with Crippen LogP contribution in [0.2, 0.25) is 0 Å². The average molecular weight is 434 g/mol. The zero-order chi connectivity index (χ0) is 18.3. The zero-order valence-corrected chi connectivity index (χ0v) is 20.2. The molecule has 1 aliphatic rings. The zero-order valence-electron chi connectivity index (χ0n) is 17.3. The van der Waals surface area contributed by atoms with E-state index in [-0.39, 0.29) is 44.7 Å². The summed E-state index contributed by atoms with van der Waals surface area (Å²) in [5.74, 6) is 0.224. The fourth-order valence-corrected chi connectivity index (χ4v) is 4.49. The largest absolute Gasteiger partial charge is 0.320 e. The van der Waals surface area contributed by atoms with Crippen LogP contribution in [-0.4, -0.2) is 36.1 Å². The molecule has 1 saturated heterocycles. The van der Waals surface area contributed by atoms with Crippen LogP contribution in [0.1, 0.15) is 69.9 Å². The van der Waals surface area contributed by atoms with Gasteiger partial charge >= 0.3 is 0 Å². The van der Waals surface area contributed by atoms with Gasteiger partial charge in [-0.1, -0.05) is 31.5 Å². The van der Waals surface area contributed by atoms with Crippen molar-refractivity contribution in [2.24, 2.45) is 0 Å². The Bertz CT molecular complexity index is 545. The van der Waals surface area contributed by atoms with E-state index in [2.05, 4.69) is 51.2 Å². The summed E-state index contributed by atoms with van der Waals surface area (Å²) >= 11 is 0. The minimum atomic E-state index is 0. The monoisotopic (exact) mass is 434 g/mol. The van der Waals surface area contributed by atoms with Gasteiger partial charge in [0.05, 0.1) is 19.6 Å². The van der Waals surface area contributed by atoms with Gasteiger partial charge in [-0.25, -0.2) is 0 Å². The van der Waals surface area contributed by atoms with Crippen LogP contribution in [0.3, 0.4) is 0 Å². The summed E-state index contributed by atoms with van der Waals surface area (Å²) < 4.78 is 0.977. The standard InChI is InChI=1S/C22H36N2O.Y/c1-5-13-20(24(6-2)16-10-8-7-9-11-17-24)22(25)23-21-18(3)14-12-15-19(21)4;/h12,14-15,20H,5-11,13,16-17H2,1-4H3;/p+1. The molecule has 0 aliphatic carbocycles. The molecule has 1 N–H and O–H groups in total. The number of likely N-dealkylation sites (N-methyl/N-ethyl adjacent to an activating group) is 1. The number of carbonyl (C=O) groups is 1. The minimum absolute atomic E-state index is 0. The number of aryl methyl sites for hydroxylation is 2. The Morgan fingerprint density at radius 2 is 1.58 bits per heavy atom. The van der Waals surface area contributed by atoms with Crippen molar-refractivity contribution in [2.75, 3.05) is 25.0 Å². The van der Waals surface area contributed by atoms with E-state index >= 15 is 0 Å². The van der Waals surface area contributed by atoms with Gasteiger partial charge < -0.3 is 9.80 Å². The van der Waals surface area contributed by atoms with E-state index in [4.69, 9.17) is 0 Å². The molecular weight excluding hydrogens is 397 g/mol. The predicted molar refractivity (Wildman–Crippen MR) is 107 cm³/mol. The van der Waals surface area contributed by atoms with Crippen LogP contribution in [0.25, 0.3) is 0 Å². The van der Waals surface area contributed by atoms with Crippen molar-refractivity contribution < 1.29 is 42.0 Å². The number of rotatable bonds is 6. The fraction of sp³-hybridized carbons (Fsp3) is 0.682. The molecule has 4 heteroatoms. The maximum atomic E-state index is 13.3. The fourth-order valence-electron chi connectivity index (χ4n) is 4.49. The van der Waals surface area contributed by atoms with Gasteiger partial charge in [-0.3, -0.25) is 4.79 Å². The molecule has 1 aromatic rings. The van der Waals surface area contributed by atoms with Crippen LogP contribution in [0.5, 0.6) is 0 Å². The molecule has 1 amide bonds. The summed E-state index contributed by atoms with van der Waals surface area (Å²) in [6.07, 6.45) is 8.54. The molecule has 1 radical (unpaired) electrons. The number of para-hydroxylation sites is 1.